The quantitative estimate of drug-likeness (QED) is 0.438. The molecule has 212 valence electrons. The predicted octanol–water partition coefficient (Wildman–Crippen LogP) is 5.24. The van der Waals surface area contributed by atoms with Crippen molar-refractivity contribution in [3.8, 4) is 0 Å². The highest BCUT2D eigenvalue weighted by atomic mass is 16.7. The molecule has 2 aliphatic heterocycles. The van der Waals surface area contributed by atoms with Crippen LogP contribution in [0.4, 0.5) is 5.69 Å². The highest BCUT2D eigenvalue weighted by molar-refractivity contribution is 5.82. The van der Waals surface area contributed by atoms with E-state index in [0.29, 0.717) is 30.6 Å². The Hall–Kier alpha value is -2.45. The van der Waals surface area contributed by atoms with Gasteiger partial charge in [-0.05, 0) is 75.6 Å². The molecule has 0 radical (unpaired) electrons. The zero-order valence-corrected chi connectivity index (χ0v) is 23.6. The first-order valence-corrected chi connectivity index (χ1v) is 14.6. The summed E-state index contributed by atoms with van der Waals surface area (Å²) >= 11 is 0. The Kier molecular flexibility index (Phi) is 8.62. The molecule has 1 saturated carbocycles. The number of anilines is 1. The number of likely N-dealkylation sites (tertiary alicyclic amines) is 1. The van der Waals surface area contributed by atoms with Crippen LogP contribution in [0.15, 0.2) is 48.5 Å². The average Bonchev–Trinajstić information content (AvgIpc) is 2.92. The van der Waals surface area contributed by atoms with E-state index in [4.69, 9.17) is 15.2 Å². The smallest absolute Gasteiger partial charge is 0.237 e. The first-order chi connectivity index (χ1) is 18.7. The summed E-state index contributed by atoms with van der Waals surface area (Å²) in [5.74, 6) is 0.769. The van der Waals surface area contributed by atoms with E-state index < -0.39 is 6.29 Å². The molecule has 2 aromatic rings. The van der Waals surface area contributed by atoms with Crippen molar-refractivity contribution in [1.29, 1.82) is 0 Å². The number of amides is 1. The maximum atomic E-state index is 13.6. The molecule has 0 spiro atoms. The summed E-state index contributed by atoms with van der Waals surface area (Å²) in [7, 11) is 0. The number of nitrogen functional groups attached to an aromatic ring is 1. The Morgan fingerprint density at radius 2 is 1.79 bits per heavy atom. The highest BCUT2D eigenvalue weighted by Crippen LogP contribution is 2.42. The standard InChI is InChI=1S/C32H45N3O4/c1-32(2,3)34-30(37)28-16-15-22-7-4-5-10-27(22)35(28)19-26-18-29(23-13-11-21(20-36)12-14-23)39-31(38-26)24-8-6-9-25(33)17-24/h6,8-9,11-14,17,22,26-29,31,36H,4-5,7,10,15-16,18-20,33H2,1-3H3,(H,34,37). The van der Waals surface area contributed by atoms with Crippen LogP contribution in [0.2, 0.25) is 0 Å². The fraction of sp³-hybridized carbons (Fsp3) is 0.594. The zero-order valence-electron chi connectivity index (χ0n) is 23.6. The van der Waals surface area contributed by atoms with Gasteiger partial charge >= 0.3 is 0 Å². The van der Waals surface area contributed by atoms with Gasteiger partial charge in [-0.1, -0.05) is 49.2 Å². The number of nitrogens with zero attached hydrogens (tertiary/aromatic N) is 1. The largest absolute Gasteiger partial charge is 0.399 e. The van der Waals surface area contributed by atoms with Gasteiger partial charge in [0.25, 0.3) is 0 Å². The van der Waals surface area contributed by atoms with E-state index in [2.05, 4.69) is 10.2 Å². The zero-order chi connectivity index (χ0) is 27.6. The average molecular weight is 536 g/mol. The molecule has 0 aromatic heterocycles. The summed E-state index contributed by atoms with van der Waals surface area (Å²) in [6, 6.07) is 15.9. The lowest BCUT2D eigenvalue weighted by atomic mass is 9.75. The second kappa shape index (κ2) is 12.0. The minimum Gasteiger partial charge on any atom is -0.399 e. The Bertz CT molecular complexity index is 1120. The third kappa shape index (κ3) is 6.83. The summed E-state index contributed by atoms with van der Waals surface area (Å²) in [5.41, 5.74) is 9.35. The van der Waals surface area contributed by atoms with E-state index in [9.17, 15) is 9.90 Å². The van der Waals surface area contributed by atoms with Crippen LogP contribution in [-0.4, -0.2) is 46.2 Å². The molecule has 39 heavy (non-hydrogen) atoms. The Morgan fingerprint density at radius 1 is 1.03 bits per heavy atom. The first kappa shape index (κ1) is 28.1. The molecule has 2 aromatic carbocycles. The molecule has 7 nitrogen and oxygen atoms in total. The number of nitrogens with one attached hydrogen (secondary N) is 1. The van der Waals surface area contributed by atoms with Crippen molar-refractivity contribution in [3.05, 3.63) is 65.2 Å². The van der Waals surface area contributed by atoms with Gasteiger partial charge in [-0.15, -0.1) is 0 Å². The number of carbonyl (C=O) groups excluding carboxylic acids is 1. The number of ether oxygens (including phenoxy) is 2. The topological polar surface area (TPSA) is 97.1 Å². The second-order valence-corrected chi connectivity index (χ2v) is 12.7. The molecule has 1 amide bonds. The SMILES string of the molecule is CC(C)(C)NC(=O)C1CCC2CCCCC2N1CC1CC(c2ccc(CO)cc2)OC(c2cccc(N)c2)O1. The molecule has 6 unspecified atom stereocenters. The van der Waals surface area contributed by atoms with Crippen molar-refractivity contribution in [1.82, 2.24) is 10.2 Å². The third-order valence-corrected chi connectivity index (χ3v) is 8.52. The molecule has 6 atom stereocenters. The van der Waals surface area contributed by atoms with Crippen LogP contribution in [0.1, 0.15) is 94.8 Å². The van der Waals surface area contributed by atoms with Crippen molar-refractivity contribution >= 4 is 11.6 Å². The summed E-state index contributed by atoms with van der Waals surface area (Å²) in [5, 5.41) is 12.8. The Morgan fingerprint density at radius 3 is 2.51 bits per heavy atom. The molecule has 4 N–H and O–H groups in total. The van der Waals surface area contributed by atoms with Crippen molar-refractivity contribution < 1.29 is 19.4 Å². The molecule has 1 aliphatic carbocycles. The normalized spacial score (nSPS) is 29.9. The summed E-state index contributed by atoms with van der Waals surface area (Å²) in [6.45, 7) is 6.85. The lowest BCUT2D eigenvalue weighted by Gasteiger charge is -2.50. The number of carbonyl (C=O) groups is 1. The van der Waals surface area contributed by atoms with Gasteiger partial charge in [0.05, 0.1) is 24.9 Å². The second-order valence-electron chi connectivity index (χ2n) is 12.7. The number of hydrogen-bond donors (Lipinski definition) is 3. The van der Waals surface area contributed by atoms with Crippen molar-refractivity contribution in [2.45, 2.75) is 108 Å². The Balaban J connectivity index is 1.42. The number of rotatable bonds is 6. The number of benzene rings is 2. The van der Waals surface area contributed by atoms with E-state index in [1.807, 2.05) is 69.3 Å². The monoisotopic (exact) mass is 535 g/mol. The summed E-state index contributed by atoms with van der Waals surface area (Å²) < 4.78 is 13.2. The van der Waals surface area contributed by atoms with Gasteiger partial charge in [-0.25, -0.2) is 0 Å². The van der Waals surface area contributed by atoms with Crippen molar-refractivity contribution in [2.24, 2.45) is 5.92 Å². The highest BCUT2D eigenvalue weighted by Gasteiger charge is 2.44. The van der Waals surface area contributed by atoms with Crippen LogP contribution in [-0.2, 0) is 20.9 Å². The number of nitrogens with two attached hydrogens (primary N) is 1. The maximum Gasteiger partial charge on any atom is 0.237 e. The minimum absolute atomic E-state index is 0.0129. The summed E-state index contributed by atoms with van der Waals surface area (Å²) in [4.78, 5) is 16.0. The molecule has 3 aliphatic rings. The Labute approximate surface area is 233 Å². The predicted molar refractivity (Wildman–Crippen MR) is 153 cm³/mol. The minimum atomic E-state index is -0.552. The number of piperidine rings is 1. The number of hydrogen-bond acceptors (Lipinski definition) is 6. The van der Waals surface area contributed by atoms with E-state index >= 15 is 0 Å². The van der Waals surface area contributed by atoms with Crippen LogP contribution in [0.5, 0.6) is 0 Å². The maximum absolute atomic E-state index is 13.6. The van der Waals surface area contributed by atoms with Gasteiger partial charge < -0.3 is 25.6 Å². The molecular formula is C32H45N3O4. The molecular weight excluding hydrogens is 490 g/mol. The van der Waals surface area contributed by atoms with Gasteiger partial charge in [-0.2, -0.15) is 0 Å². The van der Waals surface area contributed by atoms with E-state index in [-0.39, 0.29) is 36.3 Å². The van der Waals surface area contributed by atoms with E-state index in [1.54, 1.807) is 0 Å². The fourth-order valence-corrected chi connectivity index (χ4v) is 6.70. The van der Waals surface area contributed by atoms with Gasteiger partial charge in [0.1, 0.15) is 0 Å². The molecule has 7 heteroatoms. The van der Waals surface area contributed by atoms with Gasteiger partial charge in [0.2, 0.25) is 5.91 Å². The molecule has 2 heterocycles. The molecule has 2 saturated heterocycles. The molecule has 5 rings (SSSR count). The number of aliphatic hydroxyl groups is 1. The third-order valence-electron chi connectivity index (χ3n) is 8.52. The number of fused-ring (bicyclic) bond motifs is 1. The molecule has 0 bridgehead atoms. The van der Waals surface area contributed by atoms with E-state index in [1.165, 1.54) is 19.3 Å². The van der Waals surface area contributed by atoms with Crippen molar-refractivity contribution in [2.75, 3.05) is 12.3 Å². The fourth-order valence-electron chi connectivity index (χ4n) is 6.70. The van der Waals surface area contributed by atoms with Gasteiger partial charge in [-0.3, -0.25) is 9.69 Å². The van der Waals surface area contributed by atoms with Gasteiger partial charge in [0.15, 0.2) is 6.29 Å². The van der Waals surface area contributed by atoms with Crippen molar-refractivity contribution in [3.63, 3.8) is 0 Å². The van der Waals surface area contributed by atoms with Crippen LogP contribution in [0.3, 0.4) is 0 Å². The van der Waals surface area contributed by atoms with E-state index in [0.717, 1.165) is 36.0 Å². The lowest BCUT2D eigenvalue weighted by Crippen LogP contribution is -2.61. The first-order valence-electron chi connectivity index (χ1n) is 14.6. The summed E-state index contributed by atoms with van der Waals surface area (Å²) in [6.07, 6.45) is 6.74. The number of aliphatic hydroxyl groups excluding tert-OH is 1. The van der Waals surface area contributed by atoms with Crippen LogP contribution >= 0.6 is 0 Å². The van der Waals surface area contributed by atoms with Crippen LogP contribution in [0, 0.1) is 5.92 Å². The lowest BCUT2D eigenvalue weighted by molar-refractivity contribution is -0.255. The van der Waals surface area contributed by atoms with Crippen LogP contribution < -0.4 is 11.1 Å². The van der Waals surface area contributed by atoms with Gasteiger partial charge in [0, 0.05) is 35.8 Å². The molecule has 3 fully saturated rings. The van der Waals surface area contributed by atoms with Crippen LogP contribution in [0.25, 0.3) is 0 Å².